The van der Waals surface area contributed by atoms with Crippen LogP contribution in [0.1, 0.15) is 6.42 Å². The summed E-state index contributed by atoms with van der Waals surface area (Å²) in [7, 11) is 0. The average molecular weight is 193 g/mol. The number of ether oxygens (including phenoxy) is 1. The van der Waals surface area contributed by atoms with Gasteiger partial charge in [-0.1, -0.05) is 0 Å². The van der Waals surface area contributed by atoms with E-state index in [1.807, 2.05) is 0 Å². The van der Waals surface area contributed by atoms with Crippen LogP contribution in [0.5, 0.6) is 0 Å². The zero-order valence-electron chi connectivity index (χ0n) is 6.78. The predicted octanol–water partition coefficient (Wildman–Crippen LogP) is -0.414. The number of nitrogens with one attached hydrogen (secondary N) is 1. The quantitative estimate of drug-likeness (QED) is 0.574. The molecule has 0 aliphatic carbocycles. The van der Waals surface area contributed by atoms with Crippen molar-refractivity contribution < 1.29 is 9.53 Å². The van der Waals surface area contributed by atoms with Gasteiger partial charge in [-0.15, -0.1) is 12.4 Å². The van der Waals surface area contributed by atoms with E-state index in [1.54, 1.807) is 0 Å². The standard InChI is InChI=1S/C7H12N2O2.ClH/c10-7-5-6(11-7)9-3-1-8-2-4-9;/h6,8H,1-5H2;1H. The molecule has 1 N–H and O–H groups in total. The van der Waals surface area contributed by atoms with Crippen molar-refractivity contribution in [3.63, 3.8) is 0 Å². The molecule has 4 nitrogen and oxygen atoms in total. The number of carbonyl (C=O) groups excluding carboxylic acids is 1. The zero-order valence-corrected chi connectivity index (χ0v) is 7.60. The summed E-state index contributed by atoms with van der Waals surface area (Å²) in [6.45, 7) is 4.01. The first-order valence-corrected chi connectivity index (χ1v) is 4.00. The first kappa shape index (κ1) is 9.77. The van der Waals surface area contributed by atoms with Crippen molar-refractivity contribution in [1.29, 1.82) is 0 Å². The van der Waals surface area contributed by atoms with Gasteiger partial charge < -0.3 is 10.1 Å². The molecule has 0 aromatic heterocycles. The Balaban J connectivity index is 0.000000720. The third kappa shape index (κ3) is 1.88. The Hall–Kier alpha value is -0.320. The van der Waals surface area contributed by atoms with E-state index in [4.69, 9.17) is 4.74 Å². The molecule has 1 unspecified atom stereocenters. The lowest BCUT2D eigenvalue weighted by Crippen LogP contribution is -2.54. The molecule has 2 rings (SSSR count). The maximum Gasteiger partial charge on any atom is 0.312 e. The monoisotopic (exact) mass is 192 g/mol. The topological polar surface area (TPSA) is 41.6 Å². The Bertz CT molecular complexity index is 163. The molecule has 0 bridgehead atoms. The van der Waals surface area contributed by atoms with Gasteiger partial charge in [-0.05, 0) is 0 Å². The molecule has 2 aliphatic rings. The number of nitrogens with zero attached hydrogens (tertiary/aromatic N) is 1. The van der Waals surface area contributed by atoms with Crippen LogP contribution >= 0.6 is 12.4 Å². The maximum absolute atomic E-state index is 10.5. The summed E-state index contributed by atoms with van der Waals surface area (Å²) in [4.78, 5) is 12.7. The zero-order chi connectivity index (χ0) is 7.68. The van der Waals surface area contributed by atoms with E-state index in [-0.39, 0.29) is 24.6 Å². The first-order valence-electron chi connectivity index (χ1n) is 4.00. The molecule has 0 amide bonds. The van der Waals surface area contributed by atoms with Crippen LogP contribution in [0.25, 0.3) is 0 Å². The highest BCUT2D eigenvalue weighted by Crippen LogP contribution is 2.17. The minimum absolute atomic E-state index is 0. The van der Waals surface area contributed by atoms with Crippen molar-refractivity contribution >= 4 is 18.4 Å². The SMILES string of the molecule is Cl.O=C1CC(N2CCNCC2)O1. The van der Waals surface area contributed by atoms with E-state index in [1.165, 1.54) is 0 Å². The minimum Gasteiger partial charge on any atom is -0.446 e. The number of piperazine rings is 1. The smallest absolute Gasteiger partial charge is 0.312 e. The van der Waals surface area contributed by atoms with E-state index in [2.05, 4.69) is 10.2 Å². The van der Waals surface area contributed by atoms with Crippen LogP contribution in [0, 0.1) is 0 Å². The summed E-state index contributed by atoms with van der Waals surface area (Å²) in [6.07, 6.45) is 0.671. The fraction of sp³-hybridized carbons (Fsp3) is 0.857. The highest BCUT2D eigenvalue weighted by Gasteiger charge is 2.34. The fourth-order valence-electron chi connectivity index (χ4n) is 1.46. The first-order chi connectivity index (χ1) is 5.36. The second kappa shape index (κ2) is 4.07. The molecule has 0 spiro atoms. The summed E-state index contributed by atoms with van der Waals surface area (Å²) in [5.41, 5.74) is 0. The van der Waals surface area contributed by atoms with E-state index >= 15 is 0 Å². The molecule has 2 heterocycles. The van der Waals surface area contributed by atoms with E-state index in [0.717, 1.165) is 26.2 Å². The van der Waals surface area contributed by atoms with Crippen LogP contribution in [0.3, 0.4) is 0 Å². The van der Waals surface area contributed by atoms with E-state index in [0.29, 0.717) is 6.42 Å². The highest BCUT2D eigenvalue weighted by atomic mass is 35.5. The van der Waals surface area contributed by atoms with Gasteiger partial charge in [0.1, 0.15) is 0 Å². The predicted molar refractivity (Wildman–Crippen MR) is 46.2 cm³/mol. The van der Waals surface area contributed by atoms with Gasteiger partial charge in [0.2, 0.25) is 0 Å². The van der Waals surface area contributed by atoms with Gasteiger partial charge >= 0.3 is 5.97 Å². The molecule has 12 heavy (non-hydrogen) atoms. The Labute approximate surface area is 77.7 Å². The average Bonchev–Trinajstić information content (AvgIpc) is 2.01. The number of halogens is 1. The number of carbonyl (C=O) groups is 1. The van der Waals surface area contributed by atoms with Crippen molar-refractivity contribution in [2.24, 2.45) is 0 Å². The number of esters is 1. The maximum atomic E-state index is 10.5. The molecule has 0 aromatic rings. The van der Waals surface area contributed by atoms with Gasteiger partial charge in [0.25, 0.3) is 0 Å². The highest BCUT2D eigenvalue weighted by molar-refractivity contribution is 5.85. The van der Waals surface area contributed by atoms with Crippen LogP contribution in [-0.2, 0) is 9.53 Å². The van der Waals surface area contributed by atoms with Gasteiger partial charge in [-0.25, -0.2) is 0 Å². The van der Waals surface area contributed by atoms with Crippen molar-refractivity contribution in [3.8, 4) is 0 Å². The van der Waals surface area contributed by atoms with Crippen molar-refractivity contribution in [1.82, 2.24) is 10.2 Å². The minimum atomic E-state index is -0.0615. The Morgan fingerprint density at radius 2 is 2.00 bits per heavy atom. The second-order valence-corrected chi connectivity index (χ2v) is 2.93. The largest absolute Gasteiger partial charge is 0.446 e. The Kier molecular flexibility index (Phi) is 3.31. The lowest BCUT2D eigenvalue weighted by molar-refractivity contribution is -0.189. The van der Waals surface area contributed by atoms with Crippen LogP contribution in [0.2, 0.25) is 0 Å². The number of cyclic esters (lactones) is 1. The normalized spacial score (nSPS) is 30.0. The van der Waals surface area contributed by atoms with Crippen LogP contribution < -0.4 is 5.32 Å². The van der Waals surface area contributed by atoms with Crippen LogP contribution in [-0.4, -0.2) is 43.3 Å². The Morgan fingerprint density at radius 1 is 1.42 bits per heavy atom. The third-order valence-electron chi connectivity index (χ3n) is 2.17. The molecule has 0 saturated carbocycles. The summed E-state index contributed by atoms with van der Waals surface area (Å²) < 4.78 is 4.94. The summed E-state index contributed by atoms with van der Waals surface area (Å²) in [5, 5.41) is 3.25. The number of hydrogen-bond donors (Lipinski definition) is 1. The molecule has 2 aliphatic heterocycles. The fourth-order valence-corrected chi connectivity index (χ4v) is 1.46. The molecule has 2 saturated heterocycles. The van der Waals surface area contributed by atoms with Gasteiger partial charge in [-0.2, -0.15) is 0 Å². The molecule has 2 fully saturated rings. The molecule has 0 aromatic carbocycles. The van der Waals surface area contributed by atoms with Gasteiger partial charge in [-0.3, -0.25) is 9.69 Å². The van der Waals surface area contributed by atoms with Gasteiger partial charge in [0, 0.05) is 26.2 Å². The van der Waals surface area contributed by atoms with E-state index < -0.39 is 0 Å². The van der Waals surface area contributed by atoms with Crippen molar-refractivity contribution in [2.75, 3.05) is 26.2 Å². The molecular weight excluding hydrogens is 180 g/mol. The summed E-state index contributed by atoms with van der Waals surface area (Å²) in [6, 6.07) is 0. The molecule has 70 valence electrons. The number of rotatable bonds is 1. The van der Waals surface area contributed by atoms with Gasteiger partial charge in [0.05, 0.1) is 6.42 Å². The second-order valence-electron chi connectivity index (χ2n) is 2.93. The molecule has 0 radical (unpaired) electrons. The van der Waals surface area contributed by atoms with Crippen LogP contribution in [0.4, 0.5) is 0 Å². The lowest BCUT2D eigenvalue weighted by atomic mass is 10.2. The summed E-state index contributed by atoms with van der Waals surface area (Å²) in [5.74, 6) is -0.0615. The molecule has 1 atom stereocenters. The van der Waals surface area contributed by atoms with E-state index in [9.17, 15) is 4.79 Å². The third-order valence-corrected chi connectivity index (χ3v) is 2.17. The Morgan fingerprint density at radius 3 is 2.50 bits per heavy atom. The lowest BCUT2D eigenvalue weighted by Gasteiger charge is -2.38. The number of hydrogen-bond acceptors (Lipinski definition) is 4. The molecule has 5 heteroatoms. The van der Waals surface area contributed by atoms with Gasteiger partial charge in [0.15, 0.2) is 6.23 Å². The van der Waals surface area contributed by atoms with Crippen molar-refractivity contribution in [3.05, 3.63) is 0 Å². The van der Waals surface area contributed by atoms with Crippen LogP contribution in [0.15, 0.2) is 0 Å². The molecular formula is C7H13ClN2O2. The van der Waals surface area contributed by atoms with Crippen molar-refractivity contribution in [2.45, 2.75) is 12.6 Å². The summed E-state index contributed by atoms with van der Waals surface area (Å²) >= 11 is 0.